The molecule has 3 nitrogen and oxygen atoms in total. The van der Waals surface area contributed by atoms with Gasteiger partial charge in [-0.05, 0) is 48.7 Å². The summed E-state index contributed by atoms with van der Waals surface area (Å²) in [6.07, 6.45) is 5.91. The smallest absolute Gasteiger partial charge is 0.160 e. The first-order chi connectivity index (χ1) is 8.29. The van der Waals surface area contributed by atoms with Gasteiger partial charge in [0.25, 0.3) is 0 Å². The van der Waals surface area contributed by atoms with Crippen molar-refractivity contribution in [1.29, 1.82) is 0 Å². The number of unbranched alkanes of at least 4 members (excludes halogenated alkanes) is 1. The summed E-state index contributed by atoms with van der Waals surface area (Å²) in [7, 11) is 0. The number of benzene rings is 1. The summed E-state index contributed by atoms with van der Waals surface area (Å²) in [5.74, 6) is 0.988. The van der Waals surface area contributed by atoms with E-state index in [9.17, 15) is 4.79 Å². The Morgan fingerprint density at radius 1 is 1.24 bits per heavy atom. The molecule has 1 aliphatic rings. The summed E-state index contributed by atoms with van der Waals surface area (Å²) in [6.45, 7) is 1.38. The molecular formula is C14H17NO2. The summed E-state index contributed by atoms with van der Waals surface area (Å²) < 4.78 is 5.62. The molecule has 0 saturated heterocycles. The van der Waals surface area contributed by atoms with Crippen LogP contribution in [0.25, 0.3) is 6.08 Å². The monoisotopic (exact) mass is 231 g/mol. The quantitative estimate of drug-likeness (QED) is 0.788. The molecule has 0 fully saturated rings. The number of rotatable bonds is 5. The predicted molar refractivity (Wildman–Crippen MR) is 68.0 cm³/mol. The van der Waals surface area contributed by atoms with Crippen LogP contribution in [-0.2, 0) is 11.2 Å². The highest BCUT2D eigenvalue weighted by atomic mass is 16.5. The van der Waals surface area contributed by atoms with Gasteiger partial charge in [0.1, 0.15) is 5.75 Å². The SMILES string of the molecule is NCCCCOc1ccc2c(c1)CC(=O)C=C2. The maximum Gasteiger partial charge on any atom is 0.160 e. The second-order valence-electron chi connectivity index (χ2n) is 4.18. The molecule has 0 radical (unpaired) electrons. The highest BCUT2D eigenvalue weighted by Gasteiger charge is 2.10. The third-order valence-electron chi connectivity index (χ3n) is 2.80. The lowest BCUT2D eigenvalue weighted by Crippen LogP contribution is -2.07. The van der Waals surface area contributed by atoms with Crippen molar-refractivity contribution >= 4 is 11.9 Å². The second-order valence-corrected chi connectivity index (χ2v) is 4.18. The Hall–Kier alpha value is -1.61. The molecule has 0 atom stereocenters. The largest absolute Gasteiger partial charge is 0.494 e. The van der Waals surface area contributed by atoms with Crippen molar-refractivity contribution < 1.29 is 9.53 Å². The summed E-state index contributed by atoms with van der Waals surface area (Å²) in [5.41, 5.74) is 7.57. The van der Waals surface area contributed by atoms with Crippen molar-refractivity contribution in [1.82, 2.24) is 0 Å². The molecule has 90 valence electrons. The van der Waals surface area contributed by atoms with Gasteiger partial charge in [-0.15, -0.1) is 0 Å². The third-order valence-corrected chi connectivity index (χ3v) is 2.80. The van der Waals surface area contributed by atoms with Gasteiger partial charge in [-0.25, -0.2) is 0 Å². The summed E-state index contributed by atoms with van der Waals surface area (Å²) in [4.78, 5) is 11.3. The summed E-state index contributed by atoms with van der Waals surface area (Å²) >= 11 is 0. The van der Waals surface area contributed by atoms with E-state index in [0.717, 1.165) is 29.7 Å². The number of ketones is 1. The average Bonchev–Trinajstić information content (AvgIpc) is 2.34. The summed E-state index contributed by atoms with van der Waals surface area (Å²) in [5, 5.41) is 0. The van der Waals surface area contributed by atoms with Crippen LogP contribution >= 0.6 is 0 Å². The zero-order chi connectivity index (χ0) is 12.1. The molecule has 1 aliphatic carbocycles. The molecule has 0 unspecified atom stereocenters. The molecule has 0 bridgehead atoms. The molecule has 0 saturated carbocycles. The standard InChI is InChI=1S/C14H17NO2/c15-7-1-2-8-17-14-6-4-11-3-5-13(16)9-12(11)10-14/h3-6,10H,1-2,7-9,15H2. The van der Waals surface area contributed by atoms with Crippen molar-refractivity contribution in [2.75, 3.05) is 13.2 Å². The molecule has 1 aromatic carbocycles. The zero-order valence-corrected chi connectivity index (χ0v) is 9.82. The lowest BCUT2D eigenvalue weighted by Gasteiger charge is -2.12. The molecule has 2 N–H and O–H groups in total. The van der Waals surface area contributed by atoms with Crippen molar-refractivity contribution in [3.63, 3.8) is 0 Å². The number of nitrogens with two attached hydrogens (primary N) is 1. The average molecular weight is 231 g/mol. The van der Waals surface area contributed by atoms with Crippen LogP contribution in [0, 0.1) is 0 Å². The van der Waals surface area contributed by atoms with Gasteiger partial charge in [0, 0.05) is 6.42 Å². The fraction of sp³-hybridized carbons (Fsp3) is 0.357. The number of fused-ring (bicyclic) bond motifs is 1. The number of hydrogen-bond acceptors (Lipinski definition) is 3. The van der Waals surface area contributed by atoms with Crippen LogP contribution in [0.3, 0.4) is 0 Å². The van der Waals surface area contributed by atoms with Crippen LogP contribution in [0.5, 0.6) is 5.75 Å². The first-order valence-corrected chi connectivity index (χ1v) is 5.96. The van der Waals surface area contributed by atoms with Crippen molar-refractivity contribution in [3.8, 4) is 5.75 Å². The first-order valence-electron chi connectivity index (χ1n) is 5.96. The Morgan fingerprint density at radius 3 is 2.94 bits per heavy atom. The van der Waals surface area contributed by atoms with Gasteiger partial charge in [0.2, 0.25) is 0 Å². The third kappa shape index (κ3) is 3.17. The van der Waals surface area contributed by atoms with Gasteiger partial charge >= 0.3 is 0 Å². The molecular weight excluding hydrogens is 214 g/mol. The lowest BCUT2D eigenvalue weighted by atomic mass is 9.96. The molecule has 3 heteroatoms. The normalized spacial score (nSPS) is 13.6. The minimum atomic E-state index is 0.151. The molecule has 0 aromatic heterocycles. The first kappa shape index (κ1) is 11.9. The van der Waals surface area contributed by atoms with E-state index < -0.39 is 0 Å². The van der Waals surface area contributed by atoms with E-state index in [1.54, 1.807) is 6.08 Å². The number of ether oxygens (including phenoxy) is 1. The van der Waals surface area contributed by atoms with Crippen LogP contribution in [0.2, 0.25) is 0 Å². The highest BCUT2D eigenvalue weighted by Crippen LogP contribution is 2.23. The van der Waals surface area contributed by atoms with E-state index in [0.29, 0.717) is 19.6 Å². The van der Waals surface area contributed by atoms with Crippen LogP contribution in [0.4, 0.5) is 0 Å². The number of carbonyl (C=O) groups is 1. The van der Waals surface area contributed by atoms with Gasteiger partial charge in [0.15, 0.2) is 5.78 Å². The fourth-order valence-corrected chi connectivity index (χ4v) is 1.85. The van der Waals surface area contributed by atoms with Gasteiger partial charge in [-0.2, -0.15) is 0 Å². The predicted octanol–water partition coefficient (Wildman–Crippen LogP) is 1.94. The molecule has 17 heavy (non-hydrogen) atoms. The molecule has 2 rings (SSSR count). The van der Waals surface area contributed by atoms with E-state index in [1.165, 1.54) is 0 Å². The van der Waals surface area contributed by atoms with E-state index in [4.69, 9.17) is 10.5 Å². The van der Waals surface area contributed by atoms with E-state index in [1.807, 2.05) is 24.3 Å². The van der Waals surface area contributed by atoms with E-state index in [2.05, 4.69) is 0 Å². The van der Waals surface area contributed by atoms with Crippen LogP contribution in [0.1, 0.15) is 24.0 Å². The molecule has 0 heterocycles. The van der Waals surface area contributed by atoms with Crippen molar-refractivity contribution in [2.45, 2.75) is 19.3 Å². The van der Waals surface area contributed by atoms with Crippen molar-refractivity contribution in [2.24, 2.45) is 5.73 Å². The van der Waals surface area contributed by atoms with Gasteiger partial charge in [-0.1, -0.05) is 12.1 Å². The Bertz CT molecular complexity index is 438. The Kier molecular flexibility index (Phi) is 3.94. The summed E-state index contributed by atoms with van der Waals surface area (Å²) in [6, 6.07) is 5.90. The van der Waals surface area contributed by atoms with E-state index in [-0.39, 0.29) is 5.78 Å². The molecule has 0 spiro atoms. The highest BCUT2D eigenvalue weighted by molar-refractivity contribution is 5.98. The van der Waals surface area contributed by atoms with Crippen LogP contribution in [-0.4, -0.2) is 18.9 Å². The Labute approximate surface area is 101 Å². The minimum Gasteiger partial charge on any atom is -0.494 e. The van der Waals surface area contributed by atoms with Gasteiger partial charge < -0.3 is 10.5 Å². The minimum absolute atomic E-state index is 0.151. The van der Waals surface area contributed by atoms with Crippen LogP contribution in [0.15, 0.2) is 24.3 Å². The molecule has 0 aliphatic heterocycles. The molecule has 1 aromatic rings. The topological polar surface area (TPSA) is 52.3 Å². The number of carbonyl (C=O) groups excluding carboxylic acids is 1. The number of hydrogen-bond donors (Lipinski definition) is 1. The Morgan fingerprint density at radius 2 is 2.12 bits per heavy atom. The van der Waals surface area contributed by atoms with E-state index >= 15 is 0 Å². The lowest BCUT2D eigenvalue weighted by molar-refractivity contribution is -0.114. The van der Waals surface area contributed by atoms with Gasteiger partial charge in [0.05, 0.1) is 6.61 Å². The van der Waals surface area contributed by atoms with Crippen LogP contribution < -0.4 is 10.5 Å². The van der Waals surface area contributed by atoms with Crippen molar-refractivity contribution in [3.05, 3.63) is 35.4 Å². The number of allylic oxidation sites excluding steroid dienone is 1. The Balaban J connectivity index is 1.99. The second kappa shape index (κ2) is 5.64. The van der Waals surface area contributed by atoms with Gasteiger partial charge in [-0.3, -0.25) is 4.79 Å². The fourth-order valence-electron chi connectivity index (χ4n) is 1.85. The zero-order valence-electron chi connectivity index (χ0n) is 9.82. The molecule has 0 amide bonds. The maximum atomic E-state index is 11.3. The maximum absolute atomic E-state index is 11.3.